The maximum atomic E-state index is 13.0. The minimum atomic E-state index is -0.282. The summed E-state index contributed by atoms with van der Waals surface area (Å²) in [6.45, 7) is 0. The molecule has 3 heterocycles. The Balaban J connectivity index is 1.49. The number of rotatable bonds is 4. The van der Waals surface area contributed by atoms with Crippen LogP contribution < -0.4 is 5.32 Å². The van der Waals surface area contributed by atoms with E-state index in [1.807, 2.05) is 29.6 Å². The third-order valence-corrected chi connectivity index (χ3v) is 5.50. The van der Waals surface area contributed by atoms with Crippen molar-refractivity contribution in [1.82, 2.24) is 9.97 Å². The summed E-state index contributed by atoms with van der Waals surface area (Å²) in [5.74, 6) is -0.499. The molecule has 0 fully saturated rings. The van der Waals surface area contributed by atoms with Crippen LogP contribution in [0, 0.1) is 5.82 Å². The van der Waals surface area contributed by atoms with Crippen molar-refractivity contribution in [3.05, 3.63) is 76.9 Å². The van der Waals surface area contributed by atoms with Gasteiger partial charge in [0.25, 0.3) is 5.91 Å². The molecule has 4 nitrogen and oxygen atoms in total. The van der Waals surface area contributed by atoms with Crippen molar-refractivity contribution >= 4 is 33.7 Å². The molecule has 0 bridgehead atoms. The topological polar surface area (TPSA) is 54.9 Å². The van der Waals surface area contributed by atoms with E-state index >= 15 is 0 Å². The Bertz CT molecular complexity index is 1040. The molecule has 4 aromatic rings. The summed E-state index contributed by atoms with van der Waals surface area (Å²) in [6, 6.07) is 15.4. The van der Waals surface area contributed by atoms with Crippen LogP contribution in [0.5, 0.6) is 0 Å². The number of hydrogen-bond donors (Lipinski definition) is 1. The number of carbonyl (C=O) groups is 1. The van der Waals surface area contributed by atoms with Crippen LogP contribution in [0.15, 0.2) is 66.2 Å². The van der Waals surface area contributed by atoms with Crippen LogP contribution in [0.2, 0.25) is 0 Å². The lowest BCUT2D eigenvalue weighted by Crippen LogP contribution is -2.09. The third-order valence-electron chi connectivity index (χ3n) is 3.61. The molecule has 3 aromatic heterocycles. The molecule has 0 unspecified atom stereocenters. The van der Waals surface area contributed by atoms with Crippen LogP contribution in [-0.2, 0) is 0 Å². The van der Waals surface area contributed by atoms with Gasteiger partial charge in [0.05, 0.1) is 10.6 Å². The van der Waals surface area contributed by atoms with Gasteiger partial charge in [-0.25, -0.2) is 9.37 Å². The summed E-state index contributed by atoms with van der Waals surface area (Å²) in [5, 5.41) is 5.19. The van der Waals surface area contributed by atoms with Gasteiger partial charge in [0, 0.05) is 16.5 Å². The zero-order chi connectivity index (χ0) is 17.9. The third kappa shape index (κ3) is 3.54. The number of amides is 1. The molecule has 0 saturated carbocycles. The van der Waals surface area contributed by atoms with Crippen molar-refractivity contribution in [3.8, 4) is 21.8 Å². The fourth-order valence-corrected chi connectivity index (χ4v) is 3.96. The molecular formula is C19H12FN3OS2. The largest absolute Gasteiger partial charge is 0.297 e. The van der Waals surface area contributed by atoms with E-state index in [1.165, 1.54) is 34.8 Å². The van der Waals surface area contributed by atoms with Crippen molar-refractivity contribution in [2.45, 2.75) is 0 Å². The number of nitrogens with zero attached hydrogens (tertiary/aromatic N) is 2. The maximum Gasteiger partial charge on any atom is 0.267 e. The second-order valence-corrected chi connectivity index (χ2v) is 7.32. The number of pyridine rings is 1. The highest BCUT2D eigenvalue weighted by Crippen LogP contribution is 2.29. The molecule has 0 aliphatic rings. The normalized spacial score (nSPS) is 10.7. The first-order valence-corrected chi connectivity index (χ1v) is 9.43. The number of benzene rings is 1. The predicted octanol–water partition coefficient (Wildman–Crippen LogP) is 5.33. The van der Waals surface area contributed by atoms with E-state index in [4.69, 9.17) is 0 Å². The number of thiazole rings is 1. The fraction of sp³-hybridized carbons (Fsp3) is 0. The number of thiophene rings is 1. The Morgan fingerprint density at radius 1 is 1.00 bits per heavy atom. The quantitative estimate of drug-likeness (QED) is 0.520. The number of hydrogen-bond acceptors (Lipinski definition) is 5. The summed E-state index contributed by atoms with van der Waals surface area (Å²) in [5.41, 5.74) is 2.37. The standard InChI is InChI=1S/C19H12FN3OS2/c20-13-6-4-12(5-7-13)16-8-9-17(26-16)18(24)23-19-22-15(11-25-19)14-3-1-2-10-21-14/h1-11H,(H,22,23,24). The van der Waals surface area contributed by atoms with Gasteiger partial charge < -0.3 is 0 Å². The van der Waals surface area contributed by atoms with Gasteiger partial charge in [0.1, 0.15) is 11.5 Å². The van der Waals surface area contributed by atoms with E-state index in [1.54, 1.807) is 24.4 Å². The highest BCUT2D eigenvalue weighted by atomic mass is 32.1. The minimum Gasteiger partial charge on any atom is -0.297 e. The van der Waals surface area contributed by atoms with E-state index in [0.717, 1.165) is 21.8 Å². The number of aromatic nitrogens is 2. The van der Waals surface area contributed by atoms with E-state index in [9.17, 15) is 9.18 Å². The van der Waals surface area contributed by atoms with Crippen LogP contribution in [-0.4, -0.2) is 15.9 Å². The Morgan fingerprint density at radius 3 is 2.62 bits per heavy atom. The van der Waals surface area contributed by atoms with Crippen molar-refractivity contribution in [1.29, 1.82) is 0 Å². The maximum absolute atomic E-state index is 13.0. The molecule has 4 rings (SSSR count). The van der Waals surface area contributed by atoms with Gasteiger partial charge in [-0.15, -0.1) is 22.7 Å². The summed E-state index contributed by atoms with van der Waals surface area (Å²) in [6.07, 6.45) is 1.70. The van der Waals surface area contributed by atoms with Gasteiger partial charge in [-0.05, 0) is 42.0 Å². The van der Waals surface area contributed by atoms with Gasteiger partial charge in [-0.3, -0.25) is 15.1 Å². The number of halogens is 1. The summed E-state index contributed by atoms with van der Waals surface area (Å²) in [7, 11) is 0. The fourth-order valence-electron chi connectivity index (χ4n) is 2.35. The number of nitrogens with one attached hydrogen (secondary N) is 1. The Hall–Kier alpha value is -2.90. The van der Waals surface area contributed by atoms with Crippen LogP contribution in [0.3, 0.4) is 0 Å². The van der Waals surface area contributed by atoms with Crippen molar-refractivity contribution in [3.63, 3.8) is 0 Å². The second kappa shape index (κ2) is 7.15. The highest BCUT2D eigenvalue weighted by Gasteiger charge is 2.13. The second-order valence-electron chi connectivity index (χ2n) is 5.38. The van der Waals surface area contributed by atoms with Gasteiger partial charge in [-0.1, -0.05) is 18.2 Å². The average molecular weight is 381 g/mol. The molecule has 0 radical (unpaired) electrons. The summed E-state index contributed by atoms with van der Waals surface area (Å²) >= 11 is 2.70. The molecule has 26 heavy (non-hydrogen) atoms. The first-order chi connectivity index (χ1) is 12.7. The lowest BCUT2D eigenvalue weighted by molar-refractivity contribution is 0.103. The Labute approximate surface area is 157 Å². The SMILES string of the molecule is O=C(Nc1nc(-c2ccccn2)cs1)c1ccc(-c2ccc(F)cc2)s1. The first kappa shape index (κ1) is 16.6. The Kier molecular flexibility index (Phi) is 4.55. The monoisotopic (exact) mass is 381 g/mol. The molecule has 1 N–H and O–H groups in total. The lowest BCUT2D eigenvalue weighted by atomic mass is 10.2. The van der Waals surface area contributed by atoms with E-state index in [0.29, 0.717) is 10.0 Å². The van der Waals surface area contributed by atoms with Crippen LogP contribution in [0.1, 0.15) is 9.67 Å². The van der Waals surface area contributed by atoms with Crippen LogP contribution in [0.4, 0.5) is 9.52 Å². The van der Waals surface area contributed by atoms with Gasteiger partial charge >= 0.3 is 0 Å². The number of anilines is 1. The predicted molar refractivity (Wildman–Crippen MR) is 103 cm³/mol. The van der Waals surface area contributed by atoms with E-state index in [2.05, 4.69) is 15.3 Å². The molecule has 0 atom stereocenters. The average Bonchev–Trinajstić information content (AvgIpc) is 3.33. The molecular weight excluding hydrogens is 369 g/mol. The first-order valence-electron chi connectivity index (χ1n) is 7.73. The van der Waals surface area contributed by atoms with E-state index in [-0.39, 0.29) is 11.7 Å². The molecule has 1 aromatic carbocycles. The molecule has 0 spiro atoms. The molecule has 0 aliphatic heterocycles. The smallest absolute Gasteiger partial charge is 0.267 e. The van der Waals surface area contributed by atoms with Crippen LogP contribution in [0.25, 0.3) is 21.8 Å². The minimum absolute atomic E-state index is 0.217. The summed E-state index contributed by atoms with van der Waals surface area (Å²) < 4.78 is 13.0. The van der Waals surface area contributed by atoms with Gasteiger partial charge in [0.2, 0.25) is 0 Å². The highest BCUT2D eigenvalue weighted by molar-refractivity contribution is 7.17. The molecule has 0 saturated heterocycles. The number of carbonyl (C=O) groups excluding carboxylic acids is 1. The van der Waals surface area contributed by atoms with Gasteiger partial charge in [0.15, 0.2) is 5.13 Å². The van der Waals surface area contributed by atoms with E-state index < -0.39 is 0 Å². The molecule has 0 aliphatic carbocycles. The lowest BCUT2D eigenvalue weighted by Gasteiger charge is -1.99. The summed E-state index contributed by atoms with van der Waals surface area (Å²) in [4.78, 5) is 22.6. The van der Waals surface area contributed by atoms with Gasteiger partial charge in [-0.2, -0.15) is 0 Å². The zero-order valence-corrected chi connectivity index (χ0v) is 15.0. The molecule has 128 valence electrons. The van der Waals surface area contributed by atoms with Crippen molar-refractivity contribution in [2.75, 3.05) is 5.32 Å². The van der Waals surface area contributed by atoms with Crippen LogP contribution >= 0.6 is 22.7 Å². The van der Waals surface area contributed by atoms with Crippen molar-refractivity contribution < 1.29 is 9.18 Å². The molecule has 7 heteroatoms. The Morgan fingerprint density at radius 2 is 1.85 bits per heavy atom. The zero-order valence-electron chi connectivity index (χ0n) is 13.3. The van der Waals surface area contributed by atoms with Crippen molar-refractivity contribution in [2.24, 2.45) is 0 Å². The molecule has 1 amide bonds.